The highest BCUT2D eigenvalue weighted by atomic mass is 32.1. The highest BCUT2D eigenvalue weighted by molar-refractivity contribution is 7.16. The summed E-state index contributed by atoms with van der Waals surface area (Å²) < 4.78 is 0. The van der Waals surface area contributed by atoms with Gasteiger partial charge in [-0.1, -0.05) is 0 Å². The van der Waals surface area contributed by atoms with E-state index in [1.54, 1.807) is 23.9 Å². The van der Waals surface area contributed by atoms with Gasteiger partial charge in [-0.3, -0.25) is 0 Å². The average molecular weight is 217 g/mol. The Morgan fingerprint density at radius 3 is 3.33 bits per heavy atom. The maximum Gasteiger partial charge on any atom is 0.146 e. The second kappa shape index (κ2) is 3.13. The fourth-order valence-corrected chi connectivity index (χ4v) is 2.42. The third kappa shape index (κ3) is 1.16. The minimum Gasteiger partial charge on any atom is -0.363 e. The van der Waals surface area contributed by atoms with E-state index in [0.717, 1.165) is 27.8 Å². The molecule has 1 unspecified atom stereocenters. The number of aromatic nitrogens is 1. The summed E-state index contributed by atoms with van der Waals surface area (Å²) in [5, 5.41) is 5.88. The second-order valence-corrected chi connectivity index (χ2v) is 4.13. The number of aldehydes is 1. The van der Waals surface area contributed by atoms with Crippen molar-refractivity contribution in [3.8, 4) is 0 Å². The van der Waals surface area contributed by atoms with Crippen LogP contribution in [0.4, 0.5) is 5.69 Å². The number of nitrogens with one attached hydrogen (secondary N) is 1. The lowest BCUT2D eigenvalue weighted by Gasteiger charge is -2.17. The van der Waals surface area contributed by atoms with Crippen molar-refractivity contribution in [2.45, 2.75) is 6.04 Å². The summed E-state index contributed by atoms with van der Waals surface area (Å²) in [4.78, 5) is 20.4. The van der Waals surface area contributed by atoms with Crippen molar-refractivity contribution in [1.29, 1.82) is 0 Å². The monoisotopic (exact) mass is 217 g/mol. The van der Waals surface area contributed by atoms with Gasteiger partial charge in [-0.2, -0.15) is 0 Å². The van der Waals surface area contributed by atoms with Crippen LogP contribution in [-0.4, -0.2) is 17.6 Å². The van der Waals surface area contributed by atoms with Crippen LogP contribution in [-0.2, 0) is 4.79 Å². The Bertz CT molecular complexity index is 561. The summed E-state index contributed by atoms with van der Waals surface area (Å²) in [5.74, 6) is 0. The standard InChI is InChI=1S/C10H7N3OS/c14-4-8-7-3-11-10-6(1-2-15-10)9(7)13-5-12-8/h1-5,8H,(H,12,13). The van der Waals surface area contributed by atoms with Crippen molar-refractivity contribution in [1.82, 2.24) is 10.3 Å². The Hall–Kier alpha value is -1.75. The molecule has 1 aliphatic heterocycles. The molecule has 1 N–H and O–H groups in total. The Balaban J connectivity index is 2.35. The number of carbonyl (C=O) groups is 1. The first kappa shape index (κ1) is 8.55. The fraction of sp³-hybridized carbons (Fsp3) is 0.100. The maximum absolute atomic E-state index is 10.8. The SMILES string of the molecule is O=CC1NC=Nc2c1cnc1sccc21. The normalized spacial score (nSPS) is 18.5. The van der Waals surface area contributed by atoms with E-state index in [0.29, 0.717) is 0 Å². The topological polar surface area (TPSA) is 54.4 Å². The molecule has 1 aliphatic rings. The lowest BCUT2D eigenvalue weighted by molar-refractivity contribution is -0.109. The molecule has 2 aromatic rings. The zero-order chi connectivity index (χ0) is 10.3. The van der Waals surface area contributed by atoms with Gasteiger partial charge in [0.2, 0.25) is 0 Å². The van der Waals surface area contributed by atoms with Crippen LogP contribution in [0.5, 0.6) is 0 Å². The zero-order valence-electron chi connectivity index (χ0n) is 7.68. The molecule has 2 aromatic heterocycles. The number of pyridine rings is 1. The van der Waals surface area contributed by atoms with Crippen LogP contribution in [0.1, 0.15) is 11.6 Å². The minimum atomic E-state index is -0.325. The average Bonchev–Trinajstić information content (AvgIpc) is 2.76. The number of hydrogen-bond acceptors (Lipinski definition) is 5. The molecule has 3 rings (SSSR count). The molecule has 74 valence electrons. The van der Waals surface area contributed by atoms with E-state index in [-0.39, 0.29) is 6.04 Å². The van der Waals surface area contributed by atoms with E-state index in [4.69, 9.17) is 0 Å². The van der Waals surface area contributed by atoms with Gasteiger partial charge in [-0.15, -0.1) is 11.3 Å². The summed E-state index contributed by atoms with van der Waals surface area (Å²) in [5.41, 5.74) is 1.70. The third-order valence-electron chi connectivity index (χ3n) is 2.41. The van der Waals surface area contributed by atoms with Gasteiger partial charge in [0, 0.05) is 17.1 Å². The van der Waals surface area contributed by atoms with Crippen LogP contribution in [0.3, 0.4) is 0 Å². The van der Waals surface area contributed by atoms with E-state index in [2.05, 4.69) is 15.3 Å². The van der Waals surface area contributed by atoms with Gasteiger partial charge in [-0.25, -0.2) is 9.98 Å². The van der Waals surface area contributed by atoms with Crippen molar-refractivity contribution in [3.05, 3.63) is 23.2 Å². The quantitative estimate of drug-likeness (QED) is 0.741. The van der Waals surface area contributed by atoms with Crippen molar-refractivity contribution < 1.29 is 4.79 Å². The number of nitrogens with zero attached hydrogens (tertiary/aromatic N) is 2. The number of rotatable bonds is 1. The van der Waals surface area contributed by atoms with Crippen LogP contribution in [0.2, 0.25) is 0 Å². The van der Waals surface area contributed by atoms with Crippen molar-refractivity contribution in [2.75, 3.05) is 0 Å². The molecule has 15 heavy (non-hydrogen) atoms. The molecule has 0 aliphatic carbocycles. The summed E-state index contributed by atoms with van der Waals surface area (Å²) in [7, 11) is 0. The molecule has 4 nitrogen and oxygen atoms in total. The van der Waals surface area contributed by atoms with Crippen molar-refractivity contribution in [2.24, 2.45) is 4.99 Å². The van der Waals surface area contributed by atoms with Gasteiger partial charge >= 0.3 is 0 Å². The molecule has 5 heteroatoms. The third-order valence-corrected chi connectivity index (χ3v) is 3.23. The number of fused-ring (bicyclic) bond motifs is 3. The van der Waals surface area contributed by atoms with Crippen LogP contribution >= 0.6 is 11.3 Å². The van der Waals surface area contributed by atoms with Gasteiger partial charge in [-0.05, 0) is 11.4 Å². The molecule has 0 bridgehead atoms. The second-order valence-electron chi connectivity index (χ2n) is 3.24. The van der Waals surface area contributed by atoms with E-state index in [9.17, 15) is 4.79 Å². The Kier molecular flexibility index (Phi) is 1.78. The predicted octanol–water partition coefficient (Wildman–Crippen LogP) is 1.80. The highest BCUT2D eigenvalue weighted by Gasteiger charge is 2.19. The molecule has 0 fully saturated rings. The molecule has 0 aromatic carbocycles. The van der Waals surface area contributed by atoms with E-state index >= 15 is 0 Å². The number of thiophene rings is 1. The van der Waals surface area contributed by atoms with Crippen LogP contribution < -0.4 is 5.32 Å². The molecule has 1 atom stereocenters. The van der Waals surface area contributed by atoms with Gasteiger partial charge in [0.1, 0.15) is 17.2 Å². The Morgan fingerprint density at radius 2 is 2.47 bits per heavy atom. The molecular formula is C10H7N3OS. The Labute approximate surface area is 89.7 Å². The van der Waals surface area contributed by atoms with Gasteiger partial charge in [0.25, 0.3) is 0 Å². The van der Waals surface area contributed by atoms with Crippen molar-refractivity contribution >= 4 is 39.9 Å². The van der Waals surface area contributed by atoms with Gasteiger partial charge in [0.15, 0.2) is 0 Å². The summed E-state index contributed by atoms with van der Waals surface area (Å²) in [6.07, 6.45) is 4.15. The van der Waals surface area contributed by atoms with Gasteiger partial charge in [0.05, 0.1) is 12.0 Å². The van der Waals surface area contributed by atoms with E-state index in [1.165, 1.54) is 0 Å². The first-order valence-corrected chi connectivity index (χ1v) is 5.38. The first-order chi connectivity index (χ1) is 7.40. The van der Waals surface area contributed by atoms with E-state index in [1.807, 2.05) is 11.4 Å². The number of aliphatic imine (C=N–C) groups is 1. The van der Waals surface area contributed by atoms with Crippen LogP contribution in [0.15, 0.2) is 22.6 Å². The zero-order valence-corrected chi connectivity index (χ0v) is 8.49. The predicted molar refractivity (Wildman–Crippen MR) is 59.7 cm³/mol. The maximum atomic E-state index is 10.8. The lowest BCUT2D eigenvalue weighted by Crippen LogP contribution is -2.23. The van der Waals surface area contributed by atoms with Crippen LogP contribution in [0, 0.1) is 0 Å². The van der Waals surface area contributed by atoms with E-state index < -0.39 is 0 Å². The van der Waals surface area contributed by atoms with Gasteiger partial charge < -0.3 is 10.1 Å². The molecule has 0 radical (unpaired) electrons. The summed E-state index contributed by atoms with van der Waals surface area (Å²) in [6.45, 7) is 0. The Morgan fingerprint density at radius 1 is 1.53 bits per heavy atom. The molecule has 0 spiro atoms. The fourth-order valence-electron chi connectivity index (χ4n) is 1.68. The summed E-state index contributed by atoms with van der Waals surface area (Å²) in [6, 6.07) is 1.66. The molecule has 0 saturated heterocycles. The molecule has 0 saturated carbocycles. The summed E-state index contributed by atoms with van der Waals surface area (Å²) >= 11 is 1.58. The minimum absolute atomic E-state index is 0.325. The lowest BCUT2D eigenvalue weighted by atomic mass is 10.1. The highest BCUT2D eigenvalue weighted by Crippen LogP contribution is 2.35. The van der Waals surface area contributed by atoms with Crippen LogP contribution in [0.25, 0.3) is 10.2 Å². The smallest absolute Gasteiger partial charge is 0.146 e. The number of carbonyl (C=O) groups excluding carboxylic acids is 1. The number of hydrogen-bond donors (Lipinski definition) is 1. The first-order valence-electron chi connectivity index (χ1n) is 4.50. The molecule has 3 heterocycles. The molecular weight excluding hydrogens is 210 g/mol. The largest absolute Gasteiger partial charge is 0.363 e. The van der Waals surface area contributed by atoms with Crippen molar-refractivity contribution in [3.63, 3.8) is 0 Å². The molecule has 0 amide bonds.